The van der Waals surface area contributed by atoms with Crippen LogP contribution in [0.5, 0.6) is 0 Å². The van der Waals surface area contributed by atoms with Crippen LogP contribution in [0.15, 0.2) is 36.7 Å². The van der Waals surface area contributed by atoms with Crippen LogP contribution in [0.25, 0.3) is 0 Å². The molecule has 22 heavy (non-hydrogen) atoms. The van der Waals surface area contributed by atoms with Crippen molar-refractivity contribution in [3.05, 3.63) is 53.6 Å². The number of hydrogen-bond acceptors (Lipinski definition) is 3. The van der Waals surface area contributed by atoms with Crippen molar-refractivity contribution in [3.8, 4) is 0 Å². The molecule has 1 aromatic heterocycles. The van der Waals surface area contributed by atoms with Gasteiger partial charge in [0.1, 0.15) is 5.82 Å². The van der Waals surface area contributed by atoms with Crippen molar-refractivity contribution < 1.29 is 4.74 Å². The SMILES string of the molecule is CN(C)CCCOC(Cl)c1ccccc1Cc1nccn1C. The molecule has 0 saturated carbocycles. The molecule has 0 aliphatic rings. The summed E-state index contributed by atoms with van der Waals surface area (Å²) >= 11 is 6.44. The quantitative estimate of drug-likeness (QED) is 0.552. The van der Waals surface area contributed by atoms with Gasteiger partial charge in [-0.25, -0.2) is 4.98 Å². The summed E-state index contributed by atoms with van der Waals surface area (Å²) < 4.78 is 7.81. The Morgan fingerprint density at radius 3 is 2.77 bits per heavy atom. The molecule has 4 nitrogen and oxygen atoms in total. The minimum Gasteiger partial charge on any atom is -0.358 e. The summed E-state index contributed by atoms with van der Waals surface area (Å²) in [5.74, 6) is 1.02. The fourth-order valence-corrected chi connectivity index (χ4v) is 2.61. The fraction of sp³-hybridized carbons (Fsp3) is 0.471. The smallest absolute Gasteiger partial charge is 0.156 e. The van der Waals surface area contributed by atoms with Crippen LogP contribution in [-0.2, 0) is 18.2 Å². The van der Waals surface area contributed by atoms with Crippen molar-refractivity contribution in [2.24, 2.45) is 7.05 Å². The Labute approximate surface area is 137 Å². The number of ether oxygens (including phenoxy) is 1. The molecule has 0 N–H and O–H groups in total. The molecule has 0 radical (unpaired) electrons. The number of alkyl halides is 1. The lowest BCUT2D eigenvalue weighted by atomic mass is 10.0. The standard InChI is InChI=1S/C17H24ClN3O/c1-20(2)10-6-12-22-17(18)15-8-5-4-7-14(15)13-16-19-9-11-21(16)3/h4-5,7-9,11,17H,6,10,12-13H2,1-3H3. The third kappa shape index (κ3) is 4.83. The van der Waals surface area contributed by atoms with Crippen LogP contribution in [0.1, 0.15) is 28.9 Å². The van der Waals surface area contributed by atoms with Gasteiger partial charge >= 0.3 is 0 Å². The van der Waals surface area contributed by atoms with Gasteiger partial charge in [-0.05, 0) is 38.2 Å². The summed E-state index contributed by atoms with van der Waals surface area (Å²) in [6.07, 6.45) is 5.49. The summed E-state index contributed by atoms with van der Waals surface area (Å²) in [6, 6.07) is 8.14. The molecule has 2 aromatic rings. The average molecular weight is 322 g/mol. The molecule has 0 saturated heterocycles. The highest BCUT2D eigenvalue weighted by Gasteiger charge is 2.14. The van der Waals surface area contributed by atoms with Crippen molar-refractivity contribution in [1.82, 2.24) is 14.5 Å². The molecule has 1 unspecified atom stereocenters. The van der Waals surface area contributed by atoms with Gasteiger partial charge in [-0.15, -0.1) is 0 Å². The first-order chi connectivity index (χ1) is 10.6. The summed E-state index contributed by atoms with van der Waals surface area (Å²) in [4.78, 5) is 6.52. The van der Waals surface area contributed by atoms with Gasteiger partial charge < -0.3 is 14.2 Å². The van der Waals surface area contributed by atoms with E-state index in [0.29, 0.717) is 6.61 Å². The number of imidazole rings is 1. The molecular weight excluding hydrogens is 298 g/mol. The molecule has 0 amide bonds. The van der Waals surface area contributed by atoms with E-state index >= 15 is 0 Å². The maximum absolute atomic E-state index is 6.44. The van der Waals surface area contributed by atoms with E-state index in [2.05, 4.69) is 30.0 Å². The van der Waals surface area contributed by atoms with Gasteiger partial charge in [0, 0.05) is 25.9 Å². The largest absolute Gasteiger partial charge is 0.358 e. The third-order valence-electron chi connectivity index (χ3n) is 3.58. The minimum absolute atomic E-state index is 0.418. The van der Waals surface area contributed by atoms with Crippen molar-refractivity contribution in [3.63, 3.8) is 0 Å². The Bertz CT molecular complexity index is 583. The van der Waals surface area contributed by atoms with Gasteiger partial charge in [-0.1, -0.05) is 35.9 Å². The van der Waals surface area contributed by atoms with Crippen molar-refractivity contribution in [2.75, 3.05) is 27.2 Å². The predicted molar refractivity (Wildman–Crippen MR) is 90.2 cm³/mol. The Morgan fingerprint density at radius 2 is 2.09 bits per heavy atom. The summed E-state index contributed by atoms with van der Waals surface area (Å²) in [5, 5.41) is 0. The molecule has 5 heteroatoms. The Balaban J connectivity index is 1.99. The van der Waals surface area contributed by atoms with Crippen LogP contribution in [-0.4, -0.2) is 41.7 Å². The first-order valence-corrected chi connectivity index (χ1v) is 7.96. The van der Waals surface area contributed by atoms with E-state index in [1.54, 1.807) is 0 Å². The number of rotatable bonds is 8. The lowest BCUT2D eigenvalue weighted by molar-refractivity contribution is 0.100. The second-order valence-corrected chi connectivity index (χ2v) is 6.07. The molecule has 0 aliphatic heterocycles. The number of nitrogens with zero attached hydrogens (tertiary/aromatic N) is 3. The Kier molecular flexibility index (Phi) is 6.43. The molecule has 1 aromatic carbocycles. The van der Waals surface area contributed by atoms with E-state index in [1.165, 1.54) is 0 Å². The van der Waals surface area contributed by atoms with Gasteiger partial charge in [0.05, 0.1) is 6.61 Å². The van der Waals surface area contributed by atoms with E-state index < -0.39 is 5.56 Å². The van der Waals surface area contributed by atoms with Gasteiger partial charge in [0.15, 0.2) is 5.56 Å². The van der Waals surface area contributed by atoms with E-state index in [1.807, 2.05) is 42.2 Å². The van der Waals surface area contributed by atoms with Crippen LogP contribution in [0.2, 0.25) is 0 Å². The van der Waals surface area contributed by atoms with Crippen LogP contribution >= 0.6 is 11.6 Å². The van der Waals surface area contributed by atoms with E-state index in [9.17, 15) is 0 Å². The molecule has 120 valence electrons. The first kappa shape index (κ1) is 17.0. The number of hydrogen-bond donors (Lipinski definition) is 0. The lowest BCUT2D eigenvalue weighted by Gasteiger charge is -2.16. The second-order valence-electron chi connectivity index (χ2n) is 5.67. The highest BCUT2D eigenvalue weighted by atomic mass is 35.5. The first-order valence-electron chi connectivity index (χ1n) is 7.52. The molecular formula is C17H24ClN3O. The number of aromatic nitrogens is 2. The zero-order valence-corrected chi connectivity index (χ0v) is 14.3. The summed E-state index contributed by atoms with van der Waals surface area (Å²) in [7, 11) is 6.11. The van der Waals surface area contributed by atoms with Gasteiger partial charge in [0.2, 0.25) is 0 Å². The normalized spacial score (nSPS) is 12.8. The van der Waals surface area contributed by atoms with E-state index in [-0.39, 0.29) is 0 Å². The van der Waals surface area contributed by atoms with Crippen LogP contribution in [0.4, 0.5) is 0 Å². The second kappa shape index (κ2) is 8.32. The third-order valence-corrected chi connectivity index (χ3v) is 3.94. The van der Waals surface area contributed by atoms with Crippen LogP contribution < -0.4 is 0 Å². The zero-order chi connectivity index (χ0) is 15.9. The van der Waals surface area contributed by atoms with Crippen molar-refractivity contribution in [1.29, 1.82) is 0 Å². The predicted octanol–water partition coefficient (Wildman–Crippen LogP) is 3.22. The molecule has 1 atom stereocenters. The van der Waals surface area contributed by atoms with Crippen molar-refractivity contribution in [2.45, 2.75) is 18.4 Å². The summed E-state index contributed by atoms with van der Waals surface area (Å²) in [5.41, 5.74) is 1.76. The maximum Gasteiger partial charge on any atom is 0.156 e. The Morgan fingerprint density at radius 1 is 1.32 bits per heavy atom. The van der Waals surface area contributed by atoms with Crippen LogP contribution in [0, 0.1) is 0 Å². The molecule has 0 fully saturated rings. The fourth-order valence-electron chi connectivity index (χ4n) is 2.31. The maximum atomic E-state index is 6.44. The van der Waals surface area contributed by atoms with E-state index in [4.69, 9.17) is 16.3 Å². The minimum atomic E-state index is -0.418. The van der Waals surface area contributed by atoms with Crippen LogP contribution in [0.3, 0.4) is 0 Å². The zero-order valence-electron chi connectivity index (χ0n) is 13.5. The number of benzene rings is 1. The number of aryl methyl sites for hydroxylation is 1. The Hall–Kier alpha value is -1.36. The monoisotopic (exact) mass is 321 g/mol. The highest BCUT2D eigenvalue weighted by molar-refractivity contribution is 6.20. The molecule has 2 rings (SSSR count). The molecule has 1 heterocycles. The lowest BCUT2D eigenvalue weighted by Crippen LogP contribution is -2.15. The topological polar surface area (TPSA) is 30.3 Å². The average Bonchev–Trinajstić information content (AvgIpc) is 2.89. The molecule has 0 spiro atoms. The molecule has 0 bridgehead atoms. The summed E-state index contributed by atoms with van der Waals surface area (Å²) in [6.45, 7) is 1.65. The van der Waals surface area contributed by atoms with Gasteiger partial charge in [-0.3, -0.25) is 0 Å². The highest BCUT2D eigenvalue weighted by Crippen LogP contribution is 2.26. The van der Waals surface area contributed by atoms with Crippen molar-refractivity contribution >= 4 is 11.6 Å². The van der Waals surface area contributed by atoms with Gasteiger partial charge in [0.25, 0.3) is 0 Å². The molecule has 0 aliphatic carbocycles. The van der Waals surface area contributed by atoms with E-state index in [0.717, 1.165) is 36.3 Å². The number of halogens is 1. The van der Waals surface area contributed by atoms with Gasteiger partial charge in [-0.2, -0.15) is 0 Å².